The highest BCUT2D eigenvalue weighted by molar-refractivity contribution is 7.22. The van der Waals surface area contributed by atoms with Crippen LogP contribution in [0.1, 0.15) is 56.1 Å². The standard InChI is InChI=1S/C17H21ClN2S/c18-14-10-11-6-4-5-9-13(11)16-15(14)20-17(21-16)19-12-7-2-1-3-8-12/h10,12H,1-9H2,(H,19,20). The summed E-state index contributed by atoms with van der Waals surface area (Å²) in [6.45, 7) is 0. The highest BCUT2D eigenvalue weighted by Gasteiger charge is 2.20. The molecule has 1 fully saturated rings. The normalized spacial score (nSPS) is 19.7. The summed E-state index contributed by atoms with van der Waals surface area (Å²) >= 11 is 8.28. The van der Waals surface area contributed by atoms with Crippen molar-refractivity contribution in [3.05, 3.63) is 22.2 Å². The number of anilines is 1. The number of thiazole rings is 1. The topological polar surface area (TPSA) is 24.9 Å². The average molecular weight is 321 g/mol. The number of fused-ring (bicyclic) bond motifs is 3. The van der Waals surface area contributed by atoms with Gasteiger partial charge in [0.1, 0.15) is 5.52 Å². The van der Waals surface area contributed by atoms with Crippen LogP contribution in [-0.4, -0.2) is 11.0 Å². The molecule has 2 aromatic rings. The molecule has 0 saturated heterocycles. The molecule has 2 nitrogen and oxygen atoms in total. The second kappa shape index (κ2) is 5.77. The minimum Gasteiger partial charge on any atom is -0.359 e. The zero-order valence-corrected chi connectivity index (χ0v) is 13.8. The second-order valence-corrected chi connectivity index (χ2v) is 7.79. The zero-order valence-electron chi connectivity index (χ0n) is 12.3. The van der Waals surface area contributed by atoms with Gasteiger partial charge in [0.15, 0.2) is 5.13 Å². The summed E-state index contributed by atoms with van der Waals surface area (Å²) in [6.07, 6.45) is 11.6. The third-order valence-electron chi connectivity index (χ3n) is 4.87. The van der Waals surface area contributed by atoms with Crippen molar-refractivity contribution in [1.29, 1.82) is 0 Å². The van der Waals surface area contributed by atoms with Crippen LogP contribution in [0.3, 0.4) is 0 Å². The van der Waals surface area contributed by atoms with E-state index in [-0.39, 0.29) is 0 Å². The van der Waals surface area contributed by atoms with E-state index in [1.807, 2.05) is 11.3 Å². The highest BCUT2D eigenvalue weighted by Crippen LogP contribution is 2.39. The molecule has 0 amide bonds. The quantitative estimate of drug-likeness (QED) is 0.782. The van der Waals surface area contributed by atoms with Crippen molar-refractivity contribution in [2.45, 2.75) is 63.8 Å². The van der Waals surface area contributed by atoms with E-state index in [9.17, 15) is 0 Å². The molecule has 1 N–H and O–H groups in total. The molecule has 112 valence electrons. The Morgan fingerprint density at radius 2 is 1.90 bits per heavy atom. The Balaban J connectivity index is 1.70. The van der Waals surface area contributed by atoms with Crippen LogP contribution in [0.15, 0.2) is 6.07 Å². The van der Waals surface area contributed by atoms with Gasteiger partial charge >= 0.3 is 0 Å². The van der Waals surface area contributed by atoms with E-state index in [0.717, 1.165) is 15.7 Å². The largest absolute Gasteiger partial charge is 0.359 e. The molecule has 0 atom stereocenters. The summed E-state index contributed by atoms with van der Waals surface area (Å²) < 4.78 is 1.33. The maximum Gasteiger partial charge on any atom is 0.184 e. The van der Waals surface area contributed by atoms with Gasteiger partial charge in [-0.3, -0.25) is 0 Å². The fraction of sp³-hybridized carbons (Fsp3) is 0.588. The Hall–Kier alpha value is -0.800. The number of benzene rings is 1. The molecule has 1 aromatic carbocycles. The molecule has 4 heteroatoms. The van der Waals surface area contributed by atoms with Crippen molar-refractivity contribution in [2.75, 3.05) is 5.32 Å². The number of hydrogen-bond acceptors (Lipinski definition) is 3. The lowest BCUT2D eigenvalue weighted by molar-refractivity contribution is 0.462. The van der Waals surface area contributed by atoms with Gasteiger partial charge in [-0.2, -0.15) is 0 Å². The monoisotopic (exact) mass is 320 g/mol. The van der Waals surface area contributed by atoms with Gasteiger partial charge in [-0.25, -0.2) is 4.98 Å². The molecule has 2 aliphatic carbocycles. The molecule has 21 heavy (non-hydrogen) atoms. The van der Waals surface area contributed by atoms with Crippen molar-refractivity contribution >= 4 is 38.3 Å². The van der Waals surface area contributed by atoms with Crippen LogP contribution >= 0.6 is 22.9 Å². The maximum atomic E-state index is 6.47. The molecule has 2 aliphatic rings. The van der Waals surface area contributed by atoms with Gasteiger partial charge in [0.2, 0.25) is 0 Å². The molecule has 0 radical (unpaired) electrons. The number of nitrogens with zero attached hydrogens (tertiary/aromatic N) is 1. The Morgan fingerprint density at radius 1 is 1.10 bits per heavy atom. The van der Waals surface area contributed by atoms with Gasteiger partial charge in [0, 0.05) is 6.04 Å². The van der Waals surface area contributed by atoms with E-state index < -0.39 is 0 Å². The third-order valence-corrected chi connectivity index (χ3v) is 6.21. The minimum atomic E-state index is 0.605. The number of nitrogens with one attached hydrogen (secondary N) is 1. The Morgan fingerprint density at radius 3 is 2.76 bits per heavy atom. The lowest BCUT2D eigenvalue weighted by Crippen LogP contribution is -2.21. The van der Waals surface area contributed by atoms with Gasteiger partial charge in [-0.05, 0) is 55.7 Å². The number of aromatic nitrogens is 1. The first-order valence-electron chi connectivity index (χ1n) is 8.18. The van der Waals surface area contributed by atoms with Crippen LogP contribution in [0.5, 0.6) is 0 Å². The molecule has 1 heterocycles. The predicted octanol–water partition coefficient (Wildman–Crippen LogP) is 5.57. The first kappa shape index (κ1) is 13.8. The van der Waals surface area contributed by atoms with Gasteiger partial charge in [-0.1, -0.05) is 42.2 Å². The Kier molecular flexibility index (Phi) is 3.80. The smallest absolute Gasteiger partial charge is 0.184 e. The summed E-state index contributed by atoms with van der Waals surface area (Å²) in [7, 11) is 0. The van der Waals surface area contributed by atoms with Gasteiger partial charge in [-0.15, -0.1) is 0 Å². The summed E-state index contributed by atoms with van der Waals surface area (Å²) in [5.74, 6) is 0. The Bertz CT molecular complexity index is 658. The molecule has 1 saturated carbocycles. The van der Waals surface area contributed by atoms with Crippen LogP contribution in [0.2, 0.25) is 5.02 Å². The number of halogens is 1. The second-order valence-electron chi connectivity index (χ2n) is 6.38. The summed E-state index contributed by atoms with van der Waals surface area (Å²) in [6, 6.07) is 2.76. The van der Waals surface area contributed by atoms with E-state index in [4.69, 9.17) is 16.6 Å². The predicted molar refractivity (Wildman–Crippen MR) is 91.8 cm³/mol. The first-order chi connectivity index (χ1) is 10.3. The summed E-state index contributed by atoms with van der Waals surface area (Å²) in [4.78, 5) is 4.79. The number of rotatable bonds is 2. The van der Waals surface area contributed by atoms with Crippen LogP contribution in [0.25, 0.3) is 10.2 Å². The van der Waals surface area contributed by atoms with Gasteiger partial charge < -0.3 is 5.32 Å². The maximum absolute atomic E-state index is 6.47. The van der Waals surface area contributed by atoms with Crippen LogP contribution in [-0.2, 0) is 12.8 Å². The summed E-state index contributed by atoms with van der Waals surface area (Å²) in [5, 5.41) is 5.55. The lowest BCUT2D eigenvalue weighted by atomic mass is 9.91. The van der Waals surface area contributed by atoms with Crippen molar-refractivity contribution in [3.63, 3.8) is 0 Å². The third kappa shape index (κ3) is 2.66. The van der Waals surface area contributed by atoms with E-state index in [0.29, 0.717) is 6.04 Å². The fourth-order valence-corrected chi connectivity index (χ4v) is 5.23. The minimum absolute atomic E-state index is 0.605. The zero-order chi connectivity index (χ0) is 14.2. The molecular formula is C17H21ClN2S. The number of hydrogen-bond donors (Lipinski definition) is 1. The van der Waals surface area contributed by atoms with Crippen molar-refractivity contribution in [3.8, 4) is 0 Å². The SMILES string of the molecule is Clc1cc2c(c3sc(NC4CCCCC4)nc13)CCCC2. The molecular weight excluding hydrogens is 300 g/mol. The molecule has 0 spiro atoms. The molecule has 0 bridgehead atoms. The number of aryl methyl sites for hydroxylation is 2. The van der Waals surface area contributed by atoms with Crippen molar-refractivity contribution in [1.82, 2.24) is 4.98 Å². The van der Waals surface area contributed by atoms with E-state index >= 15 is 0 Å². The molecule has 0 aliphatic heterocycles. The van der Waals surface area contributed by atoms with Gasteiger partial charge in [0.05, 0.1) is 9.72 Å². The summed E-state index contributed by atoms with van der Waals surface area (Å²) in [5.41, 5.74) is 3.97. The van der Waals surface area contributed by atoms with Crippen LogP contribution < -0.4 is 5.32 Å². The van der Waals surface area contributed by atoms with E-state index in [2.05, 4.69) is 11.4 Å². The van der Waals surface area contributed by atoms with Crippen molar-refractivity contribution in [2.24, 2.45) is 0 Å². The highest BCUT2D eigenvalue weighted by atomic mass is 35.5. The van der Waals surface area contributed by atoms with E-state index in [1.54, 1.807) is 0 Å². The van der Waals surface area contributed by atoms with Crippen LogP contribution in [0, 0.1) is 0 Å². The fourth-order valence-electron chi connectivity index (χ4n) is 3.74. The van der Waals surface area contributed by atoms with Gasteiger partial charge in [0.25, 0.3) is 0 Å². The van der Waals surface area contributed by atoms with Crippen LogP contribution in [0.4, 0.5) is 5.13 Å². The molecule has 0 unspecified atom stereocenters. The lowest BCUT2D eigenvalue weighted by Gasteiger charge is -2.22. The van der Waals surface area contributed by atoms with E-state index in [1.165, 1.54) is 73.6 Å². The molecule has 4 rings (SSSR count). The Labute approximate surface area is 134 Å². The first-order valence-corrected chi connectivity index (χ1v) is 9.38. The molecule has 1 aromatic heterocycles. The average Bonchev–Trinajstić information content (AvgIpc) is 2.93. The van der Waals surface area contributed by atoms with Crippen molar-refractivity contribution < 1.29 is 0 Å².